The predicted octanol–water partition coefficient (Wildman–Crippen LogP) is -1.06. The van der Waals surface area contributed by atoms with Crippen molar-refractivity contribution < 1.29 is 39.6 Å². The van der Waals surface area contributed by atoms with Crippen molar-refractivity contribution in [2.45, 2.75) is 43.9 Å². The second-order valence-electron chi connectivity index (χ2n) is 6.11. The highest BCUT2D eigenvalue weighted by Gasteiger charge is 2.33. The predicted molar refractivity (Wildman–Crippen MR) is 89.7 cm³/mol. The highest BCUT2D eigenvalue weighted by atomic mass is 16.4. The van der Waals surface area contributed by atoms with E-state index in [9.17, 15) is 24.3 Å². The molecule has 0 aliphatic rings. The molecule has 0 heterocycles. The summed E-state index contributed by atoms with van der Waals surface area (Å²) in [7, 11) is 4.85. The monoisotopic (exact) mass is 377 g/mol. The number of likely N-dealkylation sites (N-methyl/N-ethyl adjacent to an activating group) is 1. The van der Waals surface area contributed by atoms with Crippen LogP contribution in [0.2, 0.25) is 0 Å². The van der Waals surface area contributed by atoms with Gasteiger partial charge in [0.1, 0.15) is 12.1 Å². The van der Waals surface area contributed by atoms with Crippen LogP contribution in [0.25, 0.3) is 0 Å². The van der Waals surface area contributed by atoms with E-state index in [1.165, 1.54) is 0 Å². The topological polar surface area (TPSA) is 176 Å². The molecule has 26 heavy (non-hydrogen) atoms. The second-order valence-corrected chi connectivity index (χ2v) is 6.11. The van der Waals surface area contributed by atoms with Crippen molar-refractivity contribution >= 4 is 23.9 Å². The van der Waals surface area contributed by atoms with E-state index in [1.54, 1.807) is 26.0 Å². The molecule has 0 aliphatic carbocycles. The third-order valence-corrected chi connectivity index (χ3v) is 4.00. The Balaban J connectivity index is 4.81. The van der Waals surface area contributed by atoms with Gasteiger partial charge in [-0.3, -0.25) is 29.4 Å². The summed E-state index contributed by atoms with van der Waals surface area (Å²) in [5.74, 6) is -7.39. The van der Waals surface area contributed by atoms with Gasteiger partial charge in [-0.05, 0) is 46.8 Å². The van der Waals surface area contributed by atoms with Crippen LogP contribution in [0.4, 0.5) is 0 Å². The van der Waals surface area contributed by atoms with E-state index >= 15 is 0 Å². The average molecular weight is 377 g/mol. The molecule has 0 saturated carbocycles. The Morgan fingerprint density at radius 1 is 0.885 bits per heavy atom. The molecule has 0 saturated heterocycles. The zero-order valence-electron chi connectivity index (χ0n) is 15.0. The van der Waals surface area contributed by atoms with Crippen LogP contribution in [0.15, 0.2) is 0 Å². The van der Waals surface area contributed by atoms with E-state index in [0.29, 0.717) is 19.3 Å². The Labute approximate surface area is 151 Å². The maximum absolute atomic E-state index is 11.3. The van der Waals surface area contributed by atoms with Crippen molar-refractivity contribution in [1.82, 2.24) is 15.5 Å². The second kappa shape index (κ2) is 11.4. The molecule has 0 amide bonds. The van der Waals surface area contributed by atoms with Crippen molar-refractivity contribution in [3.8, 4) is 0 Å². The zero-order chi connectivity index (χ0) is 20.4. The van der Waals surface area contributed by atoms with Gasteiger partial charge >= 0.3 is 23.9 Å². The van der Waals surface area contributed by atoms with Gasteiger partial charge in [-0.25, -0.2) is 0 Å². The molecular formula is C15H27N3O8. The lowest BCUT2D eigenvalue weighted by atomic mass is 9.99. The number of hydrogen-bond donors (Lipinski definition) is 6. The fourth-order valence-electron chi connectivity index (χ4n) is 2.45. The Kier molecular flexibility index (Phi) is 10.4. The minimum absolute atomic E-state index is 0.340. The van der Waals surface area contributed by atoms with E-state index in [-0.39, 0.29) is 0 Å². The van der Waals surface area contributed by atoms with E-state index in [0.717, 1.165) is 0 Å². The molecule has 1 unspecified atom stereocenters. The zero-order valence-corrected chi connectivity index (χ0v) is 15.0. The van der Waals surface area contributed by atoms with Gasteiger partial charge in [-0.2, -0.15) is 0 Å². The molecule has 0 bridgehead atoms. The summed E-state index contributed by atoms with van der Waals surface area (Å²) < 4.78 is 0. The van der Waals surface area contributed by atoms with Gasteiger partial charge in [0.2, 0.25) is 0 Å². The number of nitrogens with zero attached hydrogens (tertiary/aromatic N) is 1. The van der Waals surface area contributed by atoms with Gasteiger partial charge in [0.15, 0.2) is 5.92 Å². The van der Waals surface area contributed by atoms with Gasteiger partial charge in [0.25, 0.3) is 0 Å². The minimum atomic E-state index is -1.84. The number of carbonyl (C=O) groups is 4. The highest BCUT2D eigenvalue weighted by molar-refractivity contribution is 5.93. The summed E-state index contributed by atoms with van der Waals surface area (Å²) in [6, 6.07) is -2.06. The van der Waals surface area contributed by atoms with E-state index in [4.69, 9.17) is 15.3 Å². The first-order chi connectivity index (χ1) is 12.0. The summed E-state index contributed by atoms with van der Waals surface area (Å²) in [6.07, 6.45) is 0.0145. The third-order valence-electron chi connectivity index (χ3n) is 4.00. The van der Waals surface area contributed by atoms with Crippen molar-refractivity contribution in [3.63, 3.8) is 0 Å². The van der Waals surface area contributed by atoms with Gasteiger partial charge in [0.05, 0.1) is 6.17 Å². The molecule has 0 aliphatic heterocycles. The van der Waals surface area contributed by atoms with E-state index < -0.39 is 54.5 Å². The first-order valence-electron chi connectivity index (χ1n) is 8.02. The third kappa shape index (κ3) is 8.23. The molecule has 11 heteroatoms. The van der Waals surface area contributed by atoms with Crippen molar-refractivity contribution in [3.05, 3.63) is 0 Å². The molecular weight excluding hydrogens is 350 g/mol. The van der Waals surface area contributed by atoms with Crippen LogP contribution >= 0.6 is 0 Å². The lowest BCUT2D eigenvalue weighted by Gasteiger charge is -2.25. The van der Waals surface area contributed by atoms with Crippen LogP contribution in [-0.4, -0.2) is 88.6 Å². The maximum Gasteiger partial charge on any atom is 0.320 e. The van der Waals surface area contributed by atoms with Crippen molar-refractivity contribution in [2.75, 3.05) is 21.1 Å². The Bertz CT molecular complexity index is 497. The van der Waals surface area contributed by atoms with Crippen LogP contribution in [0.3, 0.4) is 0 Å². The molecule has 150 valence electrons. The molecule has 0 aromatic heterocycles. The summed E-state index contributed by atoms with van der Waals surface area (Å²) in [5.41, 5.74) is 0. The largest absolute Gasteiger partial charge is 0.481 e. The van der Waals surface area contributed by atoms with Crippen LogP contribution in [0.5, 0.6) is 0 Å². The summed E-state index contributed by atoms with van der Waals surface area (Å²) in [5, 5.41) is 41.6. The number of aliphatic carboxylic acids is 4. The fraction of sp³-hybridized carbons (Fsp3) is 0.733. The minimum Gasteiger partial charge on any atom is -0.481 e. The first kappa shape index (κ1) is 23.8. The molecule has 0 fully saturated rings. The lowest BCUT2D eigenvalue weighted by Crippen LogP contribution is -2.51. The summed E-state index contributed by atoms with van der Waals surface area (Å²) in [6.45, 7) is 0. The molecule has 0 radical (unpaired) electrons. The van der Waals surface area contributed by atoms with Crippen molar-refractivity contribution in [2.24, 2.45) is 5.92 Å². The van der Waals surface area contributed by atoms with Crippen LogP contribution in [0.1, 0.15) is 25.7 Å². The Hall–Kier alpha value is -2.24. The van der Waals surface area contributed by atoms with Gasteiger partial charge in [-0.1, -0.05) is 0 Å². The molecule has 3 atom stereocenters. The fourth-order valence-corrected chi connectivity index (χ4v) is 2.45. The van der Waals surface area contributed by atoms with Gasteiger partial charge < -0.3 is 25.7 Å². The van der Waals surface area contributed by atoms with Crippen LogP contribution < -0.4 is 10.6 Å². The number of rotatable bonds is 14. The van der Waals surface area contributed by atoms with Gasteiger partial charge in [0, 0.05) is 0 Å². The molecule has 0 aromatic carbocycles. The summed E-state index contributed by atoms with van der Waals surface area (Å²) >= 11 is 0. The van der Waals surface area contributed by atoms with E-state index in [2.05, 4.69) is 10.6 Å². The Morgan fingerprint density at radius 3 is 1.77 bits per heavy atom. The first-order valence-corrected chi connectivity index (χ1v) is 8.02. The van der Waals surface area contributed by atoms with Crippen LogP contribution in [0, 0.1) is 5.92 Å². The van der Waals surface area contributed by atoms with Crippen LogP contribution in [-0.2, 0) is 19.2 Å². The maximum atomic E-state index is 11.3. The molecule has 0 rings (SSSR count). The smallest absolute Gasteiger partial charge is 0.320 e. The molecule has 6 N–H and O–H groups in total. The van der Waals surface area contributed by atoms with Crippen molar-refractivity contribution in [1.29, 1.82) is 0 Å². The molecule has 0 aromatic rings. The number of carboxylic acids is 4. The summed E-state index contributed by atoms with van der Waals surface area (Å²) in [4.78, 5) is 45.9. The molecule has 0 spiro atoms. The van der Waals surface area contributed by atoms with Gasteiger partial charge in [-0.15, -0.1) is 0 Å². The lowest BCUT2D eigenvalue weighted by molar-refractivity contribution is -0.155. The number of nitrogens with one attached hydrogen (secondary N) is 2. The molecule has 11 nitrogen and oxygen atoms in total. The highest BCUT2D eigenvalue weighted by Crippen LogP contribution is 2.12. The number of hydrogen-bond acceptors (Lipinski definition) is 7. The quantitative estimate of drug-likeness (QED) is 0.160. The normalized spacial score (nSPS) is 14.8. The van der Waals surface area contributed by atoms with E-state index in [1.807, 2.05) is 0 Å². The Morgan fingerprint density at radius 2 is 1.42 bits per heavy atom. The SMILES string of the molecule is CNC(CCC[C@@H](C(=O)O)N(C)C)N[C@@H](CC(C(=O)O)C(=O)O)C(=O)O. The number of carboxylic acid groups (broad SMARTS) is 4. The standard InChI is InChI=1S/C15H27N3O8/c1-16-11(6-4-5-10(15(25)26)18(2)3)17-9(14(23)24)7-8(12(19)20)13(21)22/h8-11,16-17H,4-7H2,1-3H3,(H,19,20)(H,21,22)(H,23,24)(H,25,26)/t9-,10-,11?/m0/s1. The average Bonchev–Trinajstić information content (AvgIpc) is 2.51.